The van der Waals surface area contributed by atoms with Gasteiger partial charge in [-0.2, -0.15) is 0 Å². The maximum Gasteiger partial charge on any atom is 0.243 e. The second kappa shape index (κ2) is 5.88. The van der Waals surface area contributed by atoms with Gasteiger partial charge < -0.3 is 10.3 Å². The van der Waals surface area contributed by atoms with E-state index in [0.717, 1.165) is 12.1 Å². The number of halogens is 2. The highest BCUT2D eigenvalue weighted by molar-refractivity contribution is 7.89. The van der Waals surface area contributed by atoms with Crippen molar-refractivity contribution in [1.29, 1.82) is 0 Å². The Morgan fingerprint density at radius 3 is 2.67 bits per heavy atom. The second-order valence-electron chi connectivity index (χ2n) is 4.32. The maximum atomic E-state index is 14.0. The minimum Gasteiger partial charge on any atom is -0.337 e. The Morgan fingerprint density at radius 1 is 1.38 bits per heavy atom. The number of benzene rings is 1. The van der Waals surface area contributed by atoms with Crippen LogP contribution in [0.25, 0.3) is 0 Å². The zero-order valence-corrected chi connectivity index (χ0v) is 12.0. The number of rotatable bonds is 5. The first-order valence-electron chi connectivity index (χ1n) is 5.99. The van der Waals surface area contributed by atoms with Crippen molar-refractivity contribution in [1.82, 2.24) is 14.3 Å². The molecule has 114 valence electrons. The van der Waals surface area contributed by atoms with E-state index in [1.54, 1.807) is 17.8 Å². The van der Waals surface area contributed by atoms with E-state index >= 15 is 0 Å². The van der Waals surface area contributed by atoms with E-state index in [4.69, 9.17) is 5.73 Å². The van der Waals surface area contributed by atoms with Crippen LogP contribution in [0, 0.1) is 11.6 Å². The van der Waals surface area contributed by atoms with Crippen LogP contribution in [0.15, 0.2) is 29.4 Å². The minimum absolute atomic E-state index is 0.111. The molecule has 0 saturated heterocycles. The summed E-state index contributed by atoms with van der Waals surface area (Å²) in [5.74, 6) is -1.59. The first-order chi connectivity index (χ1) is 9.86. The largest absolute Gasteiger partial charge is 0.337 e. The van der Waals surface area contributed by atoms with Gasteiger partial charge in [0, 0.05) is 31.5 Å². The normalized spacial score (nSPS) is 11.8. The summed E-state index contributed by atoms with van der Waals surface area (Å²) in [6.07, 6.45) is 3.16. The standard InChI is InChI=1S/C12H14F2N4O2S/c1-18-5-4-16-11(18)7-17-21(19,20)10-3-2-9(13)8(6-15)12(10)14/h2-5,17H,6-7,15H2,1H3. The molecule has 0 aliphatic heterocycles. The van der Waals surface area contributed by atoms with Crippen molar-refractivity contribution in [3.05, 3.63) is 47.5 Å². The molecule has 0 unspecified atom stereocenters. The quantitative estimate of drug-likeness (QED) is 0.847. The van der Waals surface area contributed by atoms with Gasteiger partial charge in [0.05, 0.1) is 6.54 Å². The molecular weight excluding hydrogens is 302 g/mol. The van der Waals surface area contributed by atoms with Crippen molar-refractivity contribution >= 4 is 10.0 Å². The summed E-state index contributed by atoms with van der Waals surface area (Å²) >= 11 is 0. The maximum absolute atomic E-state index is 14.0. The van der Waals surface area contributed by atoms with Crippen LogP contribution in [0.4, 0.5) is 8.78 Å². The van der Waals surface area contributed by atoms with Crippen LogP contribution < -0.4 is 10.5 Å². The molecule has 0 amide bonds. The number of aryl methyl sites for hydroxylation is 1. The highest BCUT2D eigenvalue weighted by atomic mass is 32.2. The van der Waals surface area contributed by atoms with Gasteiger partial charge in [-0.25, -0.2) is 26.9 Å². The van der Waals surface area contributed by atoms with Crippen molar-refractivity contribution in [3.8, 4) is 0 Å². The highest BCUT2D eigenvalue weighted by Crippen LogP contribution is 2.20. The van der Waals surface area contributed by atoms with Gasteiger partial charge in [-0.05, 0) is 12.1 Å². The van der Waals surface area contributed by atoms with Crippen LogP contribution in [0.1, 0.15) is 11.4 Å². The zero-order chi connectivity index (χ0) is 15.6. The van der Waals surface area contributed by atoms with Crippen molar-refractivity contribution in [2.24, 2.45) is 12.8 Å². The number of aromatic nitrogens is 2. The molecule has 0 fully saturated rings. The zero-order valence-electron chi connectivity index (χ0n) is 11.2. The molecule has 1 heterocycles. The number of hydrogen-bond donors (Lipinski definition) is 2. The SMILES string of the molecule is Cn1ccnc1CNS(=O)(=O)c1ccc(F)c(CN)c1F. The van der Waals surface area contributed by atoms with Gasteiger partial charge in [-0.3, -0.25) is 0 Å². The lowest BCUT2D eigenvalue weighted by Gasteiger charge is -2.10. The van der Waals surface area contributed by atoms with Gasteiger partial charge in [0.1, 0.15) is 16.5 Å². The molecule has 0 bridgehead atoms. The number of nitrogens with zero attached hydrogens (tertiary/aromatic N) is 2. The Hall–Kier alpha value is -1.84. The average Bonchev–Trinajstić information content (AvgIpc) is 2.82. The molecule has 0 saturated carbocycles. The Bertz CT molecular complexity index is 759. The predicted molar refractivity (Wildman–Crippen MR) is 71.5 cm³/mol. The first kappa shape index (κ1) is 15.5. The summed E-state index contributed by atoms with van der Waals surface area (Å²) in [5, 5.41) is 0. The Balaban J connectivity index is 2.30. The summed E-state index contributed by atoms with van der Waals surface area (Å²) in [7, 11) is -2.44. The summed E-state index contributed by atoms with van der Waals surface area (Å²) in [6.45, 7) is -0.541. The topological polar surface area (TPSA) is 90.0 Å². The summed E-state index contributed by atoms with van der Waals surface area (Å²) in [6, 6.07) is 1.74. The van der Waals surface area contributed by atoms with E-state index in [0.29, 0.717) is 5.82 Å². The van der Waals surface area contributed by atoms with Gasteiger partial charge in [-0.1, -0.05) is 0 Å². The molecule has 6 nitrogen and oxygen atoms in total. The average molecular weight is 316 g/mol. The van der Waals surface area contributed by atoms with Crippen molar-refractivity contribution < 1.29 is 17.2 Å². The molecule has 3 N–H and O–H groups in total. The van der Waals surface area contributed by atoms with E-state index in [2.05, 4.69) is 9.71 Å². The lowest BCUT2D eigenvalue weighted by molar-refractivity contribution is 0.524. The van der Waals surface area contributed by atoms with Crippen LogP contribution in [0.3, 0.4) is 0 Å². The van der Waals surface area contributed by atoms with Crippen molar-refractivity contribution in [3.63, 3.8) is 0 Å². The van der Waals surface area contributed by atoms with Crippen molar-refractivity contribution in [2.45, 2.75) is 18.0 Å². The Labute approximate surface area is 120 Å². The third-order valence-corrected chi connectivity index (χ3v) is 4.40. The highest BCUT2D eigenvalue weighted by Gasteiger charge is 2.23. The molecule has 0 aliphatic carbocycles. The third kappa shape index (κ3) is 3.09. The van der Waals surface area contributed by atoms with E-state index in [-0.39, 0.29) is 6.54 Å². The van der Waals surface area contributed by atoms with Crippen LogP contribution in [-0.2, 0) is 30.2 Å². The Morgan fingerprint density at radius 2 is 2.10 bits per heavy atom. The number of nitrogens with one attached hydrogen (secondary N) is 1. The van der Waals surface area contributed by atoms with Gasteiger partial charge in [0.25, 0.3) is 0 Å². The fraction of sp³-hybridized carbons (Fsp3) is 0.250. The smallest absolute Gasteiger partial charge is 0.243 e. The fourth-order valence-corrected chi connectivity index (χ4v) is 2.86. The molecule has 0 atom stereocenters. The number of nitrogens with two attached hydrogens (primary N) is 1. The molecule has 9 heteroatoms. The summed E-state index contributed by atoms with van der Waals surface area (Å²) in [5.41, 5.74) is 4.76. The predicted octanol–water partition coefficient (Wildman–Crippen LogP) is 0.635. The van der Waals surface area contributed by atoms with Crippen LogP contribution in [0.2, 0.25) is 0 Å². The second-order valence-corrected chi connectivity index (χ2v) is 6.06. The van der Waals surface area contributed by atoms with E-state index in [1.165, 1.54) is 6.20 Å². The molecule has 0 spiro atoms. The molecule has 1 aromatic carbocycles. The van der Waals surface area contributed by atoms with Crippen LogP contribution >= 0.6 is 0 Å². The monoisotopic (exact) mass is 316 g/mol. The molecule has 2 rings (SSSR count). The van der Waals surface area contributed by atoms with Gasteiger partial charge >= 0.3 is 0 Å². The van der Waals surface area contributed by atoms with Crippen LogP contribution in [0.5, 0.6) is 0 Å². The molecule has 1 aromatic heterocycles. The summed E-state index contributed by atoms with van der Waals surface area (Å²) < 4.78 is 55.4. The number of hydrogen-bond acceptors (Lipinski definition) is 4. The van der Waals surface area contributed by atoms with Crippen LogP contribution in [-0.4, -0.2) is 18.0 Å². The van der Waals surface area contributed by atoms with E-state index < -0.39 is 38.7 Å². The molecule has 2 aromatic rings. The van der Waals surface area contributed by atoms with Gasteiger partial charge in [0.15, 0.2) is 5.82 Å². The molecule has 0 radical (unpaired) electrons. The van der Waals surface area contributed by atoms with Crippen molar-refractivity contribution in [2.75, 3.05) is 0 Å². The minimum atomic E-state index is -4.13. The lowest BCUT2D eigenvalue weighted by Crippen LogP contribution is -2.26. The van der Waals surface area contributed by atoms with E-state index in [1.807, 2.05) is 0 Å². The number of sulfonamides is 1. The number of imidazole rings is 1. The molecule has 21 heavy (non-hydrogen) atoms. The van der Waals surface area contributed by atoms with Gasteiger partial charge in [-0.15, -0.1) is 0 Å². The fourth-order valence-electron chi connectivity index (χ4n) is 1.77. The third-order valence-electron chi connectivity index (χ3n) is 2.99. The van der Waals surface area contributed by atoms with E-state index in [9.17, 15) is 17.2 Å². The lowest BCUT2D eigenvalue weighted by atomic mass is 10.2. The molecule has 0 aliphatic rings. The summed E-state index contributed by atoms with van der Waals surface area (Å²) in [4.78, 5) is 3.30. The molecular formula is C12H14F2N4O2S. The first-order valence-corrected chi connectivity index (χ1v) is 7.48. The van der Waals surface area contributed by atoms with Gasteiger partial charge in [0.2, 0.25) is 10.0 Å². The Kier molecular flexibility index (Phi) is 4.35.